The predicted molar refractivity (Wildman–Crippen MR) is 84.3 cm³/mol. The molecule has 0 radical (unpaired) electrons. The zero-order valence-electron chi connectivity index (χ0n) is 13.6. The lowest BCUT2D eigenvalue weighted by atomic mass is 10.1. The van der Waals surface area contributed by atoms with Crippen molar-refractivity contribution in [1.29, 1.82) is 0 Å². The maximum absolute atomic E-state index is 12.0. The van der Waals surface area contributed by atoms with Crippen molar-refractivity contribution in [3.05, 3.63) is 17.0 Å². The lowest BCUT2D eigenvalue weighted by Gasteiger charge is -2.26. The molecule has 0 bridgehead atoms. The molecule has 0 atom stereocenters. The van der Waals surface area contributed by atoms with Gasteiger partial charge in [-0.05, 0) is 52.7 Å². The second-order valence-electron chi connectivity index (χ2n) is 6.06. The molecule has 0 aliphatic carbocycles. The SMILES string of the molecule is Cc1nn(C)c(C)c1CC(=O)NCCCN1CCCCC1. The molecular formula is C16H28N4O. The van der Waals surface area contributed by atoms with Crippen molar-refractivity contribution in [2.24, 2.45) is 7.05 Å². The summed E-state index contributed by atoms with van der Waals surface area (Å²) in [5.74, 6) is 0.104. The van der Waals surface area contributed by atoms with Crippen LogP contribution in [0.1, 0.15) is 42.6 Å². The van der Waals surface area contributed by atoms with E-state index in [1.165, 1.54) is 32.4 Å². The van der Waals surface area contributed by atoms with Crippen LogP contribution in [-0.2, 0) is 18.3 Å². The van der Waals surface area contributed by atoms with Gasteiger partial charge in [0.05, 0.1) is 12.1 Å². The zero-order chi connectivity index (χ0) is 15.2. The highest BCUT2D eigenvalue weighted by Crippen LogP contribution is 2.12. The van der Waals surface area contributed by atoms with Gasteiger partial charge in [0.2, 0.25) is 5.91 Å². The van der Waals surface area contributed by atoms with Crippen molar-refractivity contribution >= 4 is 5.91 Å². The van der Waals surface area contributed by atoms with Gasteiger partial charge < -0.3 is 10.2 Å². The Morgan fingerprint density at radius 3 is 2.57 bits per heavy atom. The van der Waals surface area contributed by atoms with Crippen LogP contribution in [0, 0.1) is 13.8 Å². The van der Waals surface area contributed by atoms with Gasteiger partial charge in [-0.3, -0.25) is 9.48 Å². The van der Waals surface area contributed by atoms with Crippen molar-refractivity contribution in [3.63, 3.8) is 0 Å². The molecule has 0 unspecified atom stereocenters. The number of carbonyl (C=O) groups is 1. The highest BCUT2D eigenvalue weighted by molar-refractivity contribution is 5.79. The Morgan fingerprint density at radius 1 is 1.24 bits per heavy atom. The maximum Gasteiger partial charge on any atom is 0.224 e. The van der Waals surface area contributed by atoms with Crippen molar-refractivity contribution < 1.29 is 4.79 Å². The van der Waals surface area contributed by atoms with Crippen molar-refractivity contribution in [2.75, 3.05) is 26.2 Å². The standard InChI is InChI=1S/C16H28N4O/c1-13-15(14(2)19(3)18-13)12-16(21)17-8-7-11-20-9-5-4-6-10-20/h4-12H2,1-3H3,(H,17,21). The fourth-order valence-corrected chi connectivity index (χ4v) is 3.01. The van der Waals surface area contributed by atoms with Gasteiger partial charge in [-0.15, -0.1) is 0 Å². The number of nitrogens with one attached hydrogen (secondary N) is 1. The Bertz CT molecular complexity index is 475. The highest BCUT2D eigenvalue weighted by atomic mass is 16.1. The van der Waals surface area contributed by atoms with Gasteiger partial charge in [0, 0.05) is 24.8 Å². The topological polar surface area (TPSA) is 50.2 Å². The van der Waals surface area contributed by atoms with E-state index in [1.807, 2.05) is 25.6 Å². The summed E-state index contributed by atoms with van der Waals surface area (Å²) in [5.41, 5.74) is 3.10. The Morgan fingerprint density at radius 2 is 1.95 bits per heavy atom. The molecule has 1 aliphatic rings. The van der Waals surface area contributed by atoms with Gasteiger partial charge in [0.15, 0.2) is 0 Å². The smallest absolute Gasteiger partial charge is 0.224 e. The van der Waals surface area contributed by atoms with E-state index in [0.29, 0.717) is 6.42 Å². The van der Waals surface area contributed by atoms with E-state index in [0.717, 1.165) is 36.5 Å². The molecule has 0 saturated carbocycles. The fourth-order valence-electron chi connectivity index (χ4n) is 3.01. The number of aryl methyl sites for hydroxylation is 2. The monoisotopic (exact) mass is 292 g/mol. The van der Waals surface area contributed by atoms with Crippen LogP contribution in [0.3, 0.4) is 0 Å². The van der Waals surface area contributed by atoms with E-state index in [1.54, 1.807) is 0 Å². The number of amides is 1. The molecule has 0 spiro atoms. The van der Waals surface area contributed by atoms with E-state index < -0.39 is 0 Å². The Hall–Kier alpha value is -1.36. The highest BCUT2D eigenvalue weighted by Gasteiger charge is 2.13. The number of likely N-dealkylation sites (tertiary alicyclic amines) is 1. The molecule has 1 aliphatic heterocycles. The van der Waals surface area contributed by atoms with Gasteiger partial charge in [-0.1, -0.05) is 6.42 Å². The van der Waals surface area contributed by atoms with E-state index in [4.69, 9.17) is 0 Å². The third-order valence-corrected chi connectivity index (χ3v) is 4.42. The summed E-state index contributed by atoms with van der Waals surface area (Å²) in [6.07, 6.45) is 5.50. The normalized spacial score (nSPS) is 16.1. The molecule has 5 heteroatoms. The molecule has 1 saturated heterocycles. The molecule has 5 nitrogen and oxygen atoms in total. The number of hydrogen-bond acceptors (Lipinski definition) is 3. The predicted octanol–water partition coefficient (Wildman–Crippen LogP) is 1.57. The van der Waals surface area contributed by atoms with Crippen molar-refractivity contribution in [3.8, 4) is 0 Å². The third-order valence-electron chi connectivity index (χ3n) is 4.42. The molecule has 0 aromatic carbocycles. The van der Waals surface area contributed by atoms with Crippen LogP contribution in [0.2, 0.25) is 0 Å². The van der Waals surface area contributed by atoms with Crippen molar-refractivity contribution in [2.45, 2.75) is 46.0 Å². The van der Waals surface area contributed by atoms with Crippen LogP contribution in [0.25, 0.3) is 0 Å². The van der Waals surface area contributed by atoms with Gasteiger partial charge in [-0.25, -0.2) is 0 Å². The third kappa shape index (κ3) is 4.56. The summed E-state index contributed by atoms with van der Waals surface area (Å²) < 4.78 is 1.84. The van der Waals surface area contributed by atoms with Crippen molar-refractivity contribution in [1.82, 2.24) is 20.0 Å². The first-order valence-electron chi connectivity index (χ1n) is 8.06. The van der Waals surface area contributed by atoms with Gasteiger partial charge in [0.1, 0.15) is 0 Å². The maximum atomic E-state index is 12.0. The summed E-state index contributed by atoms with van der Waals surface area (Å²) in [6, 6.07) is 0. The van der Waals surface area contributed by atoms with Gasteiger partial charge in [-0.2, -0.15) is 5.10 Å². The number of hydrogen-bond donors (Lipinski definition) is 1. The van der Waals surface area contributed by atoms with Crippen LogP contribution in [-0.4, -0.2) is 46.8 Å². The van der Waals surface area contributed by atoms with Crippen LogP contribution in [0.5, 0.6) is 0 Å². The lowest BCUT2D eigenvalue weighted by molar-refractivity contribution is -0.120. The number of nitrogens with zero attached hydrogens (tertiary/aromatic N) is 3. The van der Waals surface area contributed by atoms with Gasteiger partial charge >= 0.3 is 0 Å². The van der Waals surface area contributed by atoms with Gasteiger partial charge in [0.25, 0.3) is 0 Å². The average Bonchev–Trinajstić information content (AvgIpc) is 2.71. The summed E-state index contributed by atoms with van der Waals surface area (Å²) in [6.45, 7) is 8.30. The molecule has 2 heterocycles. The summed E-state index contributed by atoms with van der Waals surface area (Å²) >= 11 is 0. The zero-order valence-corrected chi connectivity index (χ0v) is 13.6. The van der Waals surface area contributed by atoms with Crippen LogP contribution >= 0.6 is 0 Å². The minimum absolute atomic E-state index is 0.104. The molecule has 1 aromatic heterocycles. The summed E-state index contributed by atoms with van der Waals surface area (Å²) in [4.78, 5) is 14.5. The first-order valence-corrected chi connectivity index (χ1v) is 8.06. The molecule has 1 N–H and O–H groups in total. The minimum Gasteiger partial charge on any atom is -0.356 e. The molecular weight excluding hydrogens is 264 g/mol. The first-order chi connectivity index (χ1) is 10.1. The fraction of sp³-hybridized carbons (Fsp3) is 0.750. The molecule has 1 fully saturated rings. The van der Waals surface area contributed by atoms with E-state index >= 15 is 0 Å². The summed E-state index contributed by atoms with van der Waals surface area (Å²) in [5, 5.41) is 7.38. The van der Waals surface area contributed by atoms with E-state index in [2.05, 4.69) is 15.3 Å². The molecule has 1 amide bonds. The Labute approximate surface area is 127 Å². The van der Waals surface area contributed by atoms with E-state index in [9.17, 15) is 4.79 Å². The van der Waals surface area contributed by atoms with Crippen LogP contribution in [0.15, 0.2) is 0 Å². The number of rotatable bonds is 6. The minimum atomic E-state index is 0.104. The largest absolute Gasteiger partial charge is 0.356 e. The average molecular weight is 292 g/mol. The molecule has 118 valence electrons. The number of aromatic nitrogens is 2. The molecule has 2 rings (SSSR count). The first kappa shape index (κ1) is 16.0. The Kier molecular flexibility index (Phi) is 5.79. The summed E-state index contributed by atoms with van der Waals surface area (Å²) in [7, 11) is 1.92. The van der Waals surface area contributed by atoms with E-state index in [-0.39, 0.29) is 5.91 Å². The Balaban J connectivity index is 1.67. The van der Waals surface area contributed by atoms with Crippen LogP contribution < -0.4 is 5.32 Å². The molecule has 21 heavy (non-hydrogen) atoms. The lowest BCUT2D eigenvalue weighted by Crippen LogP contribution is -2.33. The number of carbonyl (C=O) groups excluding carboxylic acids is 1. The number of piperidine rings is 1. The quantitative estimate of drug-likeness (QED) is 0.810. The second kappa shape index (κ2) is 7.59. The molecule has 1 aromatic rings. The second-order valence-corrected chi connectivity index (χ2v) is 6.06. The van der Waals surface area contributed by atoms with Crippen LogP contribution in [0.4, 0.5) is 0 Å².